The largest absolute Gasteiger partial charge is 0.314 e. The van der Waals surface area contributed by atoms with Crippen LogP contribution in [0.1, 0.15) is 17.2 Å². The van der Waals surface area contributed by atoms with Crippen molar-refractivity contribution in [2.45, 2.75) is 6.04 Å². The van der Waals surface area contributed by atoms with Crippen LogP contribution in [0.5, 0.6) is 0 Å². The van der Waals surface area contributed by atoms with E-state index in [0.29, 0.717) is 5.88 Å². The lowest BCUT2D eigenvalue weighted by Gasteiger charge is -2.20. The summed E-state index contributed by atoms with van der Waals surface area (Å²) in [7, 11) is 0. The molecule has 0 spiro atoms. The quantitative estimate of drug-likeness (QED) is 0.570. The van der Waals surface area contributed by atoms with Crippen molar-refractivity contribution in [2.75, 3.05) is 25.5 Å². The van der Waals surface area contributed by atoms with Gasteiger partial charge in [-0.15, -0.1) is 11.6 Å². The Morgan fingerprint density at radius 3 is 2.14 bits per heavy atom. The van der Waals surface area contributed by atoms with Crippen molar-refractivity contribution in [3.05, 3.63) is 70.7 Å². The molecule has 0 fully saturated rings. The van der Waals surface area contributed by atoms with Crippen LogP contribution >= 0.6 is 23.2 Å². The Labute approximate surface area is 136 Å². The molecule has 0 bridgehead atoms. The predicted molar refractivity (Wildman–Crippen MR) is 91.3 cm³/mol. The molecule has 112 valence electrons. The number of hydrogen-bond donors (Lipinski definition) is 2. The number of halogens is 2. The van der Waals surface area contributed by atoms with Crippen LogP contribution in [0.15, 0.2) is 54.6 Å². The summed E-state index contributed by atoms with van der Waals surface area (Å²) in [6, 6.07) is 18.6. The third-order valence-corrected chi connectivity index (χ3v) is 3.70. The number of benzene rings is 2. The van der Waals surface area contributed by atoms with Crippen molar-refractivity contribution in [3.63, 3.8) is 0 Å². The average Bonchev–Trinajstić information content (AvgIpc) is 2.53. The van der Waals surface area contributed by atoms with Crippen LogP contribution in [0.3, 0.4) is 0 Å². The second-order valence-electron chi connectivity index (χ2n) is 4.79. The summed E-state index contributed by atoms with van der Waals surface area (Å²) in [5, 5.41) is 7.63. The Morgan fingerprint density at radius 1 is 0.810 bits per heavy atom. The van der Waals surface area contributed by atoms with Crippen LogP contribution in [0, 0.1) is 0 Å². The Morgan fingerprint density at radius 2 is 1.48 bits per heavy atom. The first-order chi connectivity index (χ1) is 10.3. The van der Waals surface area contributed by atoms with Crippen LogP contribution < -0.4 is 10.6 Å². The van der Waals surface area contributed by atoms with Gasteiger partial charge in [-0.1, -0.05) is 54.1 Å². The van der Waals surface area contributed by atoms with E-state index in [1.807, 2.05) is 18.2 Å². The monoisotopic (exact) mass is 322 g/mol. The fourth-order valence-corrected chi connectivity index (χ4v) is 2.49. The van der Waals surface area contributed by atoms with Gasteiger partial charge in [-0.2, -0.15) is 0 Å². The maximum Gasteiger partial charge on any atom is 0.0577 e. The molecule has 2 aromatic rings. The van der Waals surface area contributed by atoms with Gasteiger partial charge in [-0.3, -0.25) is 0 Å². The number of nitrogens with one attached hydrogen (secondary N) is 2. The van der Waals surface area contributed by atoms with E-state index in [1.54, 1.807) is 0 Å². The van der Waals surface area contributed by atoms with Gasteiger partial charge in [0.05, 0.1) is 6.04 Å². The molecule has 0 aromatic heterocycles. The molecule has 2 nitrogen and oxygen atoms in total. The Balaban J connectivity index is 2.06. The molecule has 0 radical (unpaired) electrons. The zero-order valence-corrected chi connectivity index (χ0v) is 13.4. The summed E-state index contributed by atoms with van der Waals surface area (Å²) >= 11 is 11.6. The highest BCUT2D eigenvalue weighted by Crippen LogP contribution is 2.23. The summed E-state index contributed by atoms with van der Waals surface area (Å²) in [5.74, 6) is 0.638. The Bertz CT molecular complexity index is 514. The molecule has 2 rings (SSSR count). The van der Waals surface area contributed by atoms with Gasteiger partial charge >= 0.3 is 0 Å². The molecule has 0 amide bonds. The lowest BCUT2D eigenvalue weighted by atomic mass is 9.99. The molecule has 0 heterocycles. The highest BCUT2D eigenvalue weighted by molar-refractivity contribution is 6.30. The second-order valence-corrected chi connectivity index (χ2v) is 5.60. The van der Waals surface area contributed by atoms with E-state index in [4.69, 9.17) is 23.2 Å². The summed E-state index contributed by atoms with van der Waals surface area (Å²) in [6.07, 6.45) is 0. The molecule has 0 saturated carbocycles. The van der Waals surface area contributed by atoms with Gasteiger partial charge in [-0.05, 0) is 23.3 Å². The van der Waals surface area contributed by atoms with E-state index < -0.39 is 0 Å². The van der Waals surface area contributed by atoms with Crippen molar-refractivity contribution in [3.8, 4) is 0 Å². The molecule has 21 heavy (non-hydrogen) atoms. The normalized spacial score (nSPS) is 12.3. The maximum atomic E-state index is 5.98. The number of rotatable bonds is 8. The first-order valence-corrected chi connectivity index (χ1v) is 8.03. The van der Waals surface area contributed by atoms with Crippen molar-refractivity contribution >= 4 is 23.2 Å². The molecule has 2 aromatic carbocycles. The molecule has 1 atom stereocenters. The van der Waals surface area contributed by atoms with E-state index in [2.05, 4.69) is 47.0 Å². The topological polar surface area (TPSA) is 24.1 Å². The first kappa shape index (κ1) is 16.3. The fraction of sp³-hybridized carbons (Fsp3) is 0.294. The minimum atomic E-state index is 0.168. The van der Waals surface area contributed by atoms with Crippen molar-refractivity contribution in [1.29, 1.82) is 0 Å². The average molecular weight is 323 g/mol. The van der Waals surface area contributed by atoms with Gasteiger partial charge < -0.3 is 10.6 Å². The third-order valence-electron chi connectivity index (χ3n) is 3.26. The van der Waals surface area contributed by atoms with Gasteiger partial charge in [0.25, 0.3) is 0 Å². The number of alkyl halides is 1. The third kappa shape index (κ3) is 5.33. The SMILES string of the molecule is ClCCNCCN[C@H](c1ccccc1)c1ccc(Cl)cc1. The molecule has 4 heteroatoms. The molecule has 0 saturated heterocycles. The maximum absolute atomic E-state index is 5.98. The zero-order valence-electron chi connectivity index (χ0n) is 11.9. The van der Waals surface area contributed by atoms with Gasteiger partial charge in [0.15, 0.2) is 0 Å². The van der Waals surface area contributed by atoms with E-state index in [9.17, 15) is 0 Å². The zero-order chi connectivity index (χ0) is 14.9. The van der Waals surface area contributed by atoms with Crippen molar-refractivity contribution in [2.24, 2.45) is 0 Å². The number of hydrogen-bond acceptors (Lipinski definition) is 2. The fourth-order valence-electron chi connectivity index (χ4n) is 2.23. The molecule has 0 aliphatic carbocycles. The predicted octanol–water partition coefficient (Wildman–Crippen LogP) is 3.85. The lowest BCUT2D eigenvalue weighted by molar-refractivity contribution is 0.574. The smallest absolute Gasteiger partial charge is 0.0577 e. The van der Waals surface area contributed by atoms with Crippen LogP contribution in [0.25, 0.3) is 0 Å². The lowest BCUT2D eigenvalue weighted by Crippen LogP contribution is -2.31. The molecular formula is C17H20Cl2N2. The minimum Gasteiger partial charge on any atom is -0.314 e. The summed E-state index contributed by atoms with van der Waals surface area (Å²) < 4.78 is 0. The van der Waals surface area contributed by atoms with E-state index in [-0.39, 0.29) is 6.04 Å². The van der Waals surface area contributed by atoms with E-state index in [1.165, 1.54) is 11.1 Å². The Kier molecular flexibility index (Phi) is 7.04. The van der Waals surface area contributed by atoms with Crippen LogP contribution in [-0.4, -0.2) is 25.5 Å². The summed E-state index contributed by atoms with van der Waals surface area (Å²) in [5.41, 5.74) is 2.46. The van der Waals surface area contributed by atoms with Crippen molar-refractivity contribution in [1.82, 2.24) is 10.6 Å². The van der Waals surface area contributed by atoms with Gasteiger partial charge in [0.1, 0.15) is 0 Å². The standard InChI is InChI=1S/C17H20Cl2N2/c18-10-11-20-12-13-21-17(14-4-2-1-3-5-14)15-6-8-16(19)9-7-15/h1-9,17,20-21H,10-13H2/t17-/m1/s1. The molecule has 0 aliphatic heterocycles. The molecular weight excluding hydrogens is 303 g/mol. The van der Waals surface area contributed by atoms with Crippen molar-refractivity contribution < 1.29 is 0 Å². The second kappa shape index (κ2) is 9.06. The van der Waals surface area contributed by atoms with Gasteiger partial charge in [0.2, 0.25) is 0 Å². The van der Waals surface area contributed by atoms with Gasteiger partial charge in [0, 0.05) is 30.5 Å². The summed E-state index contributed by atoms with van der Waals surface area (Å²) in [4.78, 5) is 0. The minimum absolute atomic E-state index is 0.168. The van der Waals surface area contributed by atoms with Crippen LogP contribution in [-0.2, 0) is 0 Å². The summed E-state index contributed by atoms with van der Waals surface area (Å²) in [6.45, 7) is 2.60. The van der Waals surface area contributed by atoms with Crippen LogP contribution in [0.2, 0.25) is 5.02 Å². The van der Waals surface area contributed by atoms with E-state index >= 15 is 0 Å². The van der Waals surface area contributed by atoms with Crippen LogP contribution in [0.4, 0.5) is 0 Å². The molecule has 0 unspecified atom stereocenters. The Hall–Kier alpha value is -1.06. The highest BCUT2D eigenvalue weighted by atomic mass is 35.5. The molecule has 0 aliphatic rings. The van der Waals surface area contributed by atoms with E-state index in [0.717, 1.165) is 24.7 Å². The highest BCUT2D eigenvalue weighted by Gasteiger charge is 2.12. The first-order valence-electron chi connectivity index (χ1n) is 7.11. The molecule has 2 N–H and O–H groups in total. The van der Waals surface area contributed by atoms with Gasteiger partial charge in [-0.25, -0.2) is 0 Å².